The molecule has 2 aromatic heterocycles. The van der Waals surface area contributed by atoms with E-state index in [2.05, 4.69) is 29.5 Å². The van der Waals surface area contributed by atoms with Gasteiger partial charge in [0.15, 0.2) is 6.04 Å². The van der Waals surface area contributed by atoms with E-state index in [0.29, 0.717) is 36.0 Å². The summed E-state index contributed by atoms with van der Waals surface area (Å²) in [4.78, 5) is 28.7. The van der Waals surface area contributed by atoms with E-state index < -0.39 is 6.04 Å². The Hall–Kier alpha value is -3.98. The number of methoxy groups -OCH3 is 1. The average Bonchev–Trinajstić information content (AvgIpc) is 3.53. The first-order valence-corrected chi connectivity index (χ1v) is 11.5. The monoisotopic (exact) mass is 475 g/mol. The molecule has 2 heterocycles. The predicted molar refractivity (Wildman–Crippen MR) is 132 cm³/mol. The van der Waals surface area contributed by atoms with Crippen LogP contribution in [0.2, 0.25) is 0 Å². The lowest BCUT2D eigenvalue weighted by Gasteiger charge is -2.30. The maximum absolute atomic E-state index is 13.8. The number of nitrogens with one attached hydrogen (secondary N) is 1. The molecule has 35 heavy (non-hydrogen) atoms. The van der Waals surface area contributed by atoms with Crippen LogP contribution in [0.25, 0.3) is 11.0 Å². The normalized spacial score (nSPS) is 12.1. The second kappa shape index (κ2) is 11.0. The molecule has 9 heteroatoms. The first kappa shape index (κ1) is 24.2. The molecule has 0 aliphatic rings. The van der Waals surface area contributed by atoms with E-state index in [0.717, 1.165) is 11.1 Å². The van der Waals surface area contributed by atoms with Crippen LogP contribution >= 0.6 is 0 Å². The lowest BCUT2D eigenvalue weighted by molar-refractivity contribution is -0.127. The zero-order chi connectivity index (χ0) is 24.8. The van der Waals surface area contributed by atoms with E-state index in [-0.39, 0.29) is 18.4 Å². The fourth-order valence-corrected chi connectivity index (χ4v) is 3.89. The van der Waals surface area contributed by atoms with E-state index >= 15 is 0 Å². The number of hydrogen-bond donors (Lipinski definition) is 1. The first-order valence-electron chi connectivity index (χ1n) is 11.5. The van der Waals surface area contributed by atoms with Gasteiger partial charge in [-0.1, -0.05) is 43.3 Å². The zero-order valence-electron chi connectivity index (χ0n) is 20.0. The second-order valence-electron chi connectivity index (χ2n) is 8.45. The van der Waals surface area contributed by atoms with Crippen molar-refractivity contribution in [3.05, 3.63) is 78.3 Å². The molecular formula is C26H29N5O4. The molecule has 0 saturated carbocycles. The summed E-state index contributed by atoms with van der Waals surface area (Å²) in [6.07, 6.45) is 1.49. The van der Waals surface area contributed by atoms with E-state index in [1.807, 2.05) is 48.5 Å². The van der Waals surface area contributed by atoms with Crippen molar-refractivity contribution < 1.29 is 18.7 Å². The Morgan fingerprint density at radius 3 is 2.54 bits per heavy atom. The average molecular weight is 476 g/mol. The number of carbonyl (C=O) groups excluding carboxylic acids is 2. The highest BCUT2D eigenvalue weighted by Gasteiger charge is 2.35. The third kappa shape index (κ3) is 5.41. The van der Waals surface area contributed by atoms with Crippen molar-refractivity contribution in [3.8, 4) is 0 Å². The Labute approximate surface area is 203 Å². The van der Waals surface area contributed by atoms with Crippen LogP contribution < -0.4 is 10.2 Å². The van der Waals surface area contributed by atoms with Crippen molar-refractivity contribution in [2.75, 3.05) is 25.2 Å². The largest absolute Gasteiger partial charge is 0.467 e. The number of rotatable bonds is 10. The van der Waals surface area contributed by atoms with Gasteiger partial charge >= 0.3 is 0 Å². The van der Waals surface area contributed by atoms with E-state index in [1.54, 1.807) is 19.2 Å². The first-order chi connectivity index (χ1) is 17.0. The molecule has 4 rings (SSSR count). The van der Waals surface area contributed by atoms with Crippen molar-refractivity contribution in [1.29, 1.82) is 0 Å². The minimum atomic E-state index is -1.02. The number of anilines is 1. The summed E-state index contributed by atoms with van der Waals surface area (Å²) in [5.41, 5.74) is 3.12. The topological polar surface area (TPSA) is 102 Å². The van der Waals surface area contributed by atoms with E-state index in [9.17, 15) is 9.59 Å². The van der Waals surface area contributed by atoms with E-state index in [1.165, 1.54) is 15.8 Å². The quantitative estimate of drug-likeness (QED) is 0.351. The molecule has 9 nitrogen and oxygen atoms in total. The Kier molecular flexibility index (Phi) is 7.57. The lowest BCUT2D eigenvalue weighted by Crippen LogP contribution is -2.45. The second-order valence-corrected chi connectivity index (χ2v) is 8.45. The molecular weight excluding hydrogens is 446 g/mol. The van der Waals surface area contributed by atoms with Crippen LogP contribution in [0.3, 0.4) is 0 Å². The summed E-state index contributed by atoms with van der Waals surface area (Å²) >= 11 is 0. The molecule has 1 atom stereocenters. The highest BCUT2D eigenvalue weighted by atomic mass is 16.5. The Morgan fingerprint density at radius 2 is 1.86 bits per heavy atom. The van der Waals surface area contributed by atoms with Gasteiger partial charge in [-0.25, -0.2) is 4.68 Å². The van der Waals surface area contributed by atoms with Gasteiger partial charge in [0.05, 0.1) is 18.4 Å². The number of nitrogens with zero attached hydrogens (tertiary/aromatic N) is 4. The van der Waals surface area contributed by atoms with Crippen LogP contribution in [0.1, 0.15) is 37.1 Å². The number of para-hydroxylation sites is 1. The van der Waals surface area contributed by atoms with Gasteiger partial charge in [-0.05, 0) is 47.9 Å². The van der Waals surface area contributed by atoms with Gasteiger partial charge in [0.1, 0.15) is 17.8 Å². The molecule has 0 aliphatic heterocycles. The SMILES string of the molecule is COCCNC(=O)C(c1ccco1)N(C(=O)Cn1nnc2ccccc21)c1ccc(C(C)C)cc1. The Bertz CT molecular complexity index is 1260. The smallest absolute Gasteiger partial charge is 0.251 e. The number of furan rings is 1. The highest BCUT2D eigenvalue weighted by molar-refractivity contribution is 6.01. The summed E-state index contributed by atoms with van der Waals surface area (Å²) in [6, 6.07) is 17.4. The predicted octanol–water partition coefficient (Wildman–Crippen LogP) is 3.68. The third-order valence-electron chi connectivity index (χ3n) is 5.74. The number of aromatic nitrogens is 3. The maximum Gasteiger partial charge on any atom is 0.251 e. The summed E-state index contributed by atoms with van der Waals surface area (Å²) < 4.78 is 12.2. The minimum Gasteiger partial charge on any atom is -0.467 e. The van der Waals surface area contributed by atoms with Crippen molar-refractivity contribution in [1.82, 2.24) is 20.3 Å². The van der Waals surface area contributed by atoms with Crippen molar-refractivity contribution in [3.63, 3.8) is 0 Å². The van der Waals surface area contributed by atoms with Crippen LogP contribution in [0.15, 0.2) is 71.3 Å². The zero-order valence-corrected chi connectivity index (χ0v) is 20.0. The Morgan fingerprint density at radius 1 is 1.09 bits per heavy atom. The molecule has 0 saturated heterocycles. The molecule has 0 bridgehead atoms. The van der Waals surface area contributed by atoms with Crippen LogP contribution in [-0.4, -0.2) is 47.1 Å². The summed E-state index contributed by atoms with van der Waals surface area (Å²) in [7, 11) is 1.56. The van der Waals surface area contributed by atoms with Crippen LogP contribution in [-0.2, 0) is 20.9 Å². The summed E-state index contributed by atoms with van der Waals surface area (Å²) in [6.45, 7) is 4.74. The van der Waals surface area contributed by atoms with Crippen molar-refractivity contribution >= 4 is 28.5 Å². The molecule has 2 amide bonds. The number of ether oxygens (including phenoxy) is 1. The molecule has 182 valence electrons. The van der Waals surface area contributed by atoms with Crippen molar-refractivity contribution in [2.24, 2.45) is 0 Å². The number of amides is 2. The van der Waals surface area contributed by atoms with E-state index in [4.69, 9.17) is 9.15 Å². The minimum absolute atomic E-state index is 0.102. The molecule has 4 aromatic rings. The molecule has 0 fully saturated rings. The Balaban J connectivity index is 1.74. The molecule has 2 aromatic carbocycles. The number of fused-ring (bicyclic) bond motifs is 1. The van der Waals surface area contributed by atoms with Gasteiger partial charge in [0.25, 0.3) is 5.91 Å². The summed E-state index contributed by atoms with van der Waals surface area (Å²) in [5.74, 6) is -0.0273. The maximum atomic E-state index is 13.8. The fraction of sp³-hybridized carbons (Fsp3) is 0.308. The number of hydrogen-bond acceptors (Lipinski definition) is 6. The van der Waals surface area contributed by atoms with Gasteiger partial charge < -0.3 is 14.5 Å². The molecule has 1 N–H and O–H groups in total. The fourth-order valence-electron chi connectivity index (χ4n) is 3.89. The van der Waals surface area contributed by atoms with Crippen LogP contribution in [0.5, 0.6) is 0 Å². The van der Waals surface area contributed by atoms with Gasteiger partial charge in [0.2, 0.25) is 5.91 Å². The molecule has 0 spiro atoms. The van der Waals surface area contributed by atoms with Gasteiger partial charge in [0, 0.05) is 19.3 Å². The van der Waals surface area contributed by atoms with Crippen molar-refractivity contribution in [2.45, 2.75) is 32.4 Å². The molecule has 0 radical (unpaired) electrons. The standard InChI is InChI=1S/C26H29N5O4/c1-18(2)19-10-12-20(13-11-19)31(24(32)17-30-22-8-5-4-7-21(22)28-29-30)25(23-9-6-15-35-23)26(33)27-14-16-34-3/h4-13,15,18,25H,14,16-17H2,1-3H3,(H,27,33). The number of carbonyl (C=O) groups is 2. The molecule has 1 unspecified atom stereocenters. The van der Waals surface area contributed by atoms with Gasteiger partial charge in [-0.2, -0.15) is 0 Å². The summed E-state index contributed by atoms with van der Waals surface area (Å²) in [5, 5.41) is 11.1. The highest BCUT2D eigenvalue weighted by Crippen LogP contribution is 2.30. The molecule has 0 aliphatic carbocycles. The lowest BCUT2D eigenvalue weighted by atomic mass is 10.0. The number of benzene rings is 2. The van der Waals surface area contributed by atoms with Gasteiger partial charge in [-0.3, -0.25) is 14.5 Å². The van der Waals surface area contributed by atoms with Gasteiger partial charge in [-0.15, -0.1) is 5.10 Å². The van der Waals surface area contributed by atoms with Crippen LogP contribution in [0, 0.1) is 0 Å². The van der Waals surface area contributed by atoms with Crippen LogP contribution in [0.4, 0.5) is 5.69 Å². The third-order valence-corrected chi connectivity index (χ3v) is 5.74.